The normalized spacial score (nSPS) is 23.0. The Balaban J connectivity index is 1.61. The third-order valence-electron chi connectivity index (χ3n) is 6.13. The van der Waals surface area contributed by atoms with Crippen LogP contribution in [0.1, 0.15) is 50.0 Å². The van der Waals surface area contributed by atoms with Crippen LogP contribution in [0.5, 0.6) is 0 Å². The van der Waals surface area contributed by atoms with Gasteiger partial charge < -0.3 is 15.0 Å². The van der Waals surface area contributed by atoms with Gasteiger partial charge in [0.25, 0.3) is 0 Å². The Labute approximate surface area is 178 Å². The number of hydrogen-bond acceptors (Lipinski definition) is 5. The zero-order chi connectivity index (χ0) is 21.3. The van der Waals surface area contributed by atoms with Crippen molar-refractivity contribution >= 4 is 17.8 Å². The van der Waals surface area contributed by atoms with E-state index in [4.69, 9.17) is 4.74 Å². The number of benzene rings is 1. The smallest absolute Gasteiger partial charge is 0.319 e. The number of hydrogen-bond donors (Lipinski definition) is 1. The molecule has 2 atom stereocenters. The van der Waals surface area contributed by atoms with Crippen LogP contribution in [0.15, 0.2) is 30.3 Å². The maximum atomic E-state index is 12.7. The van der Waals surface area contributed by atoms with Gasteiger partial charge in [-0.3, -0.25) is 19.3 Å². The van der Waals surface area contributed by atoms with Crippen LogP contribution in [-0.2, 0) is 19.1 Å². The molecule has 1 aromatic carbocycles. The summed E-state index contributed by atoms with van der Waals surface area (Å²) in [5, 5.41) is 3.19. The molecule has 164 valence electrons. The maximum Gasteiger partial charge on any atom is 0.319 e. The van der Waals surface area contributed by atoms with Crippen LogP contribution in [0.2, 0.25) is 0 Å². The SMILES string of the molecule is COC(=O)CN1CC[C@@H](c2ccccc2)[C@@H](NC(=O)CCN2CCCCCC2=O)C1. The molecule has 2 aliphatic heterocycles. The first-order chi connectivity index (χ1) is 14.6. The summed E-state index contributed by atoms with van der Waals surface area (Å²) < 4.78 is 4.80. The van der Waals surface area contributed by atoms with Crippen LogP contribution < -0.4 is 5.32 Å². The summed E-state index contributed by atoms with van der Waals surface area (Å²) in [5.41, 5.74) is 1.20. The van der Waals surface area contributed by atoms with Gasteiger partial charge in [-0.1, -0.05) is 36.8 Å². The molecule has 3 rings (SSSR count). The van der Waals surface area contributed by atoms with Crippen molar-refractivity contribution in [2.24, 2.45) is 0 Å². The van der Waals surface area contributed by atoms with Crippen molar-refractivity contribution in [2.45, 2.75) is 50.5 Å². The number of carbonyl (C=O) groups is 3. The van der Waals surface area contributed by atoms with E-state index in [9.17, 15) is 14.4 Å². The van der Waals surface area contributed by atoms with E-state index in [0.717, 1.165) is 38.8 Å². The Morgan fingerprint density at radius 2 is 1.93 bits per heavy atom. The first-order valence-electron chi connectivity index (χ1n) is 11.0. The quantitative estimate of drug-likeness (QED) is 0.689. The highest BCUT2D eigenvalue weighted by Crippen LogP contribution is 2.28. The number of rotatable bonds is 7. The third-order valence-corrected chi connectivity index (χ3v) is 6.13. The highest BCUT2D eigenvalue weighted by molar-refractivity contribution is 5.79. The van der Waals surface area contributed by atoms with E-state index in [0.29, 0.717) is 25.9 Å². The molecular formula is C23H33N3O4. The van der Waals surface area contributed by atoms with E-state index in [2.05, 4.69) is 17.4 Å². The molecular weight excluding hydrogens is 382 g/mol. The fourth-order valence-corrected chi connectivity index (χ4v) is 4.45. The van der Waals surface area contributed by atoms with Crippen LogP contribution in [0.3, 0.4) is 0 Å². The third kappa shape index (κ3) is 6.29. The minimum atomic E-state index is -0.266. The van der Waals surface area contributed by atoms with Crippen molar-refractivity contribution in [3.63, 3.8) is 0 Å². The highest BCUT2D eigenvalue weighted by atomic mass is 16.5. The average Bonchev–Trinajstić information content (AvgIpc) is 2.97. The minimum absolute atomic E-state index is 0.0436. The molecule has 1 aromatic rings. The summed E-state index contributed by atoms with van der Waals surface area (Å²) in [6, 6.07) is 10.1. The Bertz CT molecular complexity index is 724. The van der Waals surface area contributed by atoms with Crippen molar-refractivity contribution in [1.82, 2.24) is 15.1 Å². The Kier molecular flexibility index (Phi) is 8.25. The second kappa shape index (κ2) is 11.1. The predicted molar refractivity (Wildman–Crippen MR) is 114 cm³/mol. The molecule has 2 aliphatic rings. The molecule has 30 heavy (non-hydrogen) atoms. The van der Waals surface area contributed by atoms with E-state index < -0.39 is 0 Å². The molecule has 2 heterocycles. The molecule has 2 amide bonds. The molecule has 0 spiro atoms. The Morgan fingerprint density at radius 1 is 1.13 bits per heavy atom. The zero-order valence-corrected chi connectivity index (χ0v) is 17.8. The van der Waals surface area contributed by atoms with Crippen LogP contribution in [0.25, 0.3) is 0 Å². The summed E-state index contributed by atoms with van der Waals surface area (Å²) in [6.07, 6.45) is 4.78. The van der Waals surface area contributed by atoms with Gasteiger partial charge in [0.05, 0.1) is 13.7 Å². The van der Waals surface area contributed by atoms with Crippen molar-refractivity contribution in [1.29, 1.82) is 0 Å². The molecule has 2 fully saturated rings. The Hall–Kier alpha value is -2.41. The molecule has 0 aromatic heterocycles. The largest absolute Gasteiger partial charge is 0.468 e. The van der Waals surface area contributed by atoms with Crippen molar-refractivity contribution in [2.75, 3.05) is 39.8 Å². The number of piperidine rings is 1. The lowest BCUT2D eigenvalue weighted by molar-refractivity contribution is -0.142. The lowest BCUT2D eigenvalue weighted by Crippen LogP contribution is -2.53. The molecule has 0 unspecified atom stereocenters. The highest BCUT2D eigenvalue weighted by Gasteiger charge is 2.32. The first kappa shape index (κ1) is 22.3. The monoisotopic (exact) mass is 415 g/mol. The number of carbonyl (C=O) groups excluding carboxylic acids is 3. The fourth-order valence-electron chi connectivity index (χ4n) is 4.45. The Morgan fingerprint density at radius 3 is 2.70 bits per heavy atom. The molecule has 0 bridgehead atoms. The summed E-state index contributed by atoms with van der Waals surface area (Å²) in [6.45, 7) is 2.83. The molecule has 0 aliphatic carbocycles. The number of nitrogens with zero attached hydrogens (tertiary/aromatic N) is 2. The number of nitrogens with one attached hydrogen (secondary N) is 1. The second-order valence-electron chi connectivity index (χ2n) is 8.23. The minimum Gasteiger partial charge on any atom is -0.468 e. The maximum absolute atomic E-state index is 12.7. The van der Waals surface area contributed by atoms with E-state index in [1.54, 1.807) is 0 Å². The van der Waals surface area contributed by atoms with E-state index in [1.165, 1.54) is 12.7 Å². The molecule has 0 saturated carbocycles. The predicted octanol–water partition coefficient (Wildman–Crippen LogP) is 1.93. The van der Waals surface area contributed by atoms with Crippen LogP contribution >= 0.6 is 0 Å². The van der Waals surface area contributed by atoms with E-state index >= 15 is 0 Å². The van der Waals surface area contributed by atoms with Gasteiger partial charge in [0.2, 0.25) is 11.8 Å². The van der Waals surface area contributed by atoms with Gasteiger partial charge >= 0.3 is 5.97 Å². The zero-order valence-electron chi connectivity index (χ0n) is 17.8. The second-order valence-corrected chi connectivity index (χ2v) is 8.23. The van der Waals surface area contributed by atoms with Gasteiger partial charge in [0.1, 0.15) is 0 Å². The van der Waals surface area contributed by atoms with Gasteiger partial charge in [-0.2, -0.15) is 0 Å². The van der Waals surface area contributed by atoms with Gasteiger partial charge in [-0.15, -0.1) is 0 Å². The summed E-state index contributed by atoms with van der Waals surface area (Å²) in [7, 11) is 1.39. The van der Waals surface area contributed by atoms with Crippen molar-refractivity contribution in [3.05, 3.63) is 35.9 Å². The van der Waals surface area contributed by atoms with Crippen LogP contribution in [0, 0.1) is 0 Å². The number of methoxy groups -OCH3 is 1. The van der Waals surface area contributed by atoms with Crippen LogP contribution in [0.4, 0.5) is 0 Å². The average molecular weight is 416 g/mol. The summed E-state index contributed by atoms with van der Waals surface area (Å²) >= 11 is 0. The summed E-state index contributed by atoms with van der Waals surface area (Å²) in [4.78, 5) is 40.5. The number of likely N-dealkylation sites (tertiary alicyclic amines) is 2. The van der Waals surface area contributed by atoms with Gasteiger partial charge in [0.15, 0.2) is 0 Å². The number of amides is 2. The molecule has 7 nitrogen and oxygen atoms in total. The van der Waals surface area contributed by atoms with E-state index in [1.807, 2.05) is 28.0 Å². The number of esters is 1. The lowest BCUT2D eigenvalue weighted by atomic mass is 9.85. The number of ether oxygens (including phenoxy) is 1. The molecule has 1 N–H and O–H groups in total. The lowest BCUT2D eigenvalue weighted by Gasteiger charge is -2.39. The molecule has 2 saturated heterocycles. The van der Waals surface area contributed by atoms with Crippen LogP contribution in [-0.4, -0.2) is 73.5 Å². The van der Waals surface area contributed by atoms with Gasteiger partial charge in [-0.05, 0) is 31.4 Å². The van der Waals surface area contributed by atoms with Crippen molar-refractivity contribution < 1.29 is 19.1 Å². The van der Waals surface area contributed by atoms with Gasteiger partial charge in [-0.25, -0.2) is 0 Å². The molecule has 7 heteroatoms. The van der Waals surface area contributed by atoms with Gasteiger partial charge in [0, 0.05) is 44.4 Å². The van der Waals surface area contributed by atoms with E-state index in [-0.39, 0.29) is 36.3 Å². The topological polar surface area (TPSA) is 79.0 Å². The summed E-state index contributed by atoms with van der Waals surface area (Å²) in [5.74, 6) is 0.0454. The first-order valence-corrected chi connectivity index (χ1v) is 11.0. The fraction of sp³-hybridized carbons (Fsp3) is 0.609. The molecule has 0 radical (unpaired) electrons. The van der Waals surface area contributed by atoms with Crippen molar-refractivity contribution in [3.8, 4) is 0 Å². The standard InChI is InChI=1S/C23H33N3O4/c1-30-23(29)17-25-14-11-19(18-8-4-2-5-9-18)20(16-25)24-21(27)12-15-26-13-7-3-6-10-22(26)28/h2,4-5,8-9,19-20H,3,6-7,10-17H2,1H3,(H,24,27)/t19-,20-/m0/s1.